The van der Waals surface area contributed by atoms with E-state index in [-0.39, 0.29) is 0 Å². The van der Waals surface area contributed by atoms with Crippen LogP contribution >= 0.6 is 0 Å². The molecule has 29 valence electrons. The fraction of sp³-hybridized carbons (Fsp3) is 0.667. The van der Waals surface area contributed by atoms with E-state index in [4.69, 9.17) is 11.1 Å². The van der Waals surface area contributed by atoms with Gasteiger partial charge in [-0.2, -0.15) is 0 Å². The van der Waals surface area contributed by atoms with E-state index in [2.05, 4.69) is 0 Å². The van der Waals surface area contributed by atoms with Crippen LogP contribution in [0.5, 0.6) is 0 Å². The van der Waals surface area contributed by atoms with E-state index in [0.29, 0.717) is 13.0 Å². The minimum absolute atomic E-state index is 0.351. The second-order valence-corrected chi connectivity index (χ2v) is 0.743. The first kappa shape index (κ1) is 4.63. The molecule has 0 saturated heterocycles. The van der Waals surface area contributed by atoms with Crippen LogP contribution in [0.25, 0.3) is 0 Å². The molecule has 2 heteroatoms. The second kappa shape index (κ2) is 3.63. The van der Waals surface area contributed by atoms with E-state index in [1.165, 1.54) is 6.21 Å². The Bertz CT molecular complexity index is 26.1. The summed E-state index contributed by atoms with van der Waals surface area (Å²) in [6.45, 7) is 0.351. The molecular formula is C3H7N2. The van der Waals surface area contributed by atoms with Gasteiger partial charge in [0.1, 0.15) is 0 Å². The van der Waals surface area contributed by atoms with Crippen LogP contribution in [0.4, 0.5) is 0 Å². The Morgan fingerprint density at radius 2 is 2.20 bits per heavy atom. The average Bonchev–Trinajstić information content (AvgIpc) is 1.41. The molecule has 0 unspecified atom stereocenters. The Balaban J connectivity index is 2.40. The van der Waals surface area contributed by atoms with Gasteiger partial charge < -0.3 is 5.41 Å². The van der Waals surface area contributed by atoms with Crippen LogP contribution in [0.1, 0.15) is 6.42 Å². The molecule has 0 atom stereocenters. The summed E-state index contributed by atoms with van der Waals surface area (Å²) in [5.41, 5.74) is 6.45. The zero-order valence-corrected chi connectivity index (χ0v) is 2.99. The monoisotopic (exact) mass is 71.1 g/mol. The maximum Gasteiger partial charge on any atom is 0.0149 e. The quantitative estimate of drug-likeness (QED) is 0.455. The van der Waals surface area contributed by atoms with Crippen molar-refractivity contribution in [2.75, 3.05) is 6.54 Å². The largest absolute Gasteiger partial charge is 0.313 e. The molecule has 0 fully saturated rings. The van der Waals surface area contributed by atoms with Crippen molar-refractivity contribution < 1.29 is 0 Å². The topological polar surface area (TPSA) is 47.7 Å². The van der Waals surface area contributed by atoms with Gasteiger partial charge in [-0.3, -0.25) is 5.73 Å². The van der Waals surface area contributed by atoms with E-state index in [1.807, 2.05) is 0 Å². The van der Waals surface area contributed by atoms with Crippen molar-refractivity contribution in [1.82, 2.24) is 5.73 Å². The van der Waals surface area contributed by atoms with Crippen LogP contribution in [-0.2, 0) is 0 Å². The third kappa shape index (κ3) is 3.63. The van der Waals surface area contributed by atoms with Gasteiger partial charge in [0.2, 0.25) is 0 Å². The molecule has 5 heavy (non-hydrogen) atoms. The number of hydrogen-bond acceptors (Lipinski definition) is 1. The molecule has 0 aromatic rings. The Labute approximate surface area is 31.5 Å². The van der Waals surface area contributed by atoms with Gasteiger partial charge in [0, 0.05) is 6.54 Å². The van der Waals surface area contributed by atoms with Crippen molar-refractivity contribution in [2.45, 2.75) is 6.42 Å². The first-order valence-electron chi connectivity index (χ1n) is 1.55. The minimum atomic E-state index is 0.351. The summed E-state index contributed by atoms with van der Waals surface area (Å²) in [6, 6.07) is 0. The molecule has 0 bridgehead atoms. The zero-order valence-electron chi connectivity index (χ0n) is 2.99. The van der Waals surface area contributed by atoms with Crippen molar-refractivity contribution in [3.05, 3.63) is 0 Å². The van der Waals surface area contributed by atoms with Gasteiger partial charge in [-0.25, -0.2) is 0 Å². The standard InChI is InChI=1S/C3H7N2/c4-2-1-3-5/h2,4-5H,1,3H2. The smallest absolute Gasteiger partial charge is 0.0149 e. The molecule has 0 saturated carbocycles. The van der Waals surface area contributed by atoms with E-state index in [0.717, 1.165) is 0 Å². The van der Waals surface area contributed by atoms with Crippen molar-refractivity contribution in [3.8, 4) is 0 Å². The highest BCUT2D eigenvalue weighted by Gasteiger charge is 1.64. The average molecular weight is 71.1 g/mol. The SMILES string of the molecule is [NH]CCC=N. The third-order valence-electron chi connectivity index (χ3n) is 0.289. The zero-order chi connectivity index (χ0) is 4.12. The van der Waals surface area contributed by atoms with E-state index in [1.54, 1.807) is 0 Å². The lowest BCUT2D eigenvalue weighted by atomic mass is 10.5. The summed E-state index contributed by atoms with van der Waals surface area (Å²) >= 11 is 0. The van der Waals surface area contributed by atoms with Gasteiger partial charge >= 0.3 is 0 Å². The molecule has 0 heterocycles. The summed E-state index contributed by atoms with van der Waals surface area (Å²) in [4.78, 5) is 0. The molecule has 0 amide bonds. The maximum atomic E-state index is 6.45. The van der Waals surface area contributed by atoms with E-state index in [9.17, 15) is 0 Å². The van der Waals surface area contributed by atoms with Gasteiger partial charge in [-0.1, -0.05) is 0 Å². The summed E-state index contributed by atoms with van der Waals surface area (Å²) in [5, 5.41) is 6.36. The summed E-state index contributed by atoms with van der Waals surface area (Å²) in [5.74, 6) is 0. The number of hydrogen-bond donors (Lipinski definition) is 1. The highest BCUT2D eigenvalue weighted by Crippen LogP contribution is 1.58. The van der Waals surface area contributed by atoms with Gasteiger partial charge in [0.05, 0.1) is 0 Å². The maximum absolute atomic E-state index is 6.45. The Morgan fingerprint density at radius 1 is 1.60 bits per heavy atom. The van der Waals surface area contributed by atoms with Crippen LogP contribution in [0.3, 0.4) is 0 Å². The Hall–Kier alpha value is -0.370. The van der Waals surface area contributed by atoms with Crippen LogP contribution in [0, 0.1) is 5.41 Å². The van der Waals surface area contributed by atoms with Crippen LogP contribution < -0.4 is 5.73 Å². The highest BCUT2D eigenvalue weighted by atomic mass is 14.5. The first-order valence-corrected chi connectivity index (χ1v) is 1.55. The molecule has 0 aliphatic carbocycles. The molecule has 0 aromatic heterocycles. The fourth-order valence-corrected chi connectivity index (χ4v) is 0.0722. The predicted octanol–water partition coefficient (Wildman–Crippen LogP) is 0.309. The molecule has 0 aliphatic rings. The highest BCUT2D eigenvalue weighted by molar-refractivity contribution is 5.52. The summed E-state index contributed by atoms with van der Waals surface area (Å²) < 4.78 is 0. The molecule has 0 aromatic carbocycles. The van der Waals surface area contributed by atoms with E-state index < -0.39 is 0 Å². The molecule has 0 rings (SSSR count). The Kier molecular flexibility index (Phi) is 3.36. The van der Waals surface area contributed by atoms with Crippen molar-refractivity contribution in [2.24, 2.45) is 0 Å². The van der Waals surface area contributed by atoms with Crippen LogP contribution in [0.2, 0.25) is 0 Å². The first-order chi connectivity index (χ1) is 2.41. The summed E-state index contributed by atoms with van der Waals surface area (Å²) in [7, 11) is 0. The molecule has 2 nitrogen and oxygen atoms in total. The van der Waals surface area contributed by atoms with Gasteiger partial charge in [-0.05, 0) is 12.6 Å². The molecule has 0 spiro atoms. The minimum Gasteiger partial charge on any atom is -0.313 e. The van der Waals surface area contributed by atoms with Crippen LogP contribution in [0.15, 0.2) is 0 Å². The Morgan fingerprint density at radius 3 is 2.20 bits per heavy atom. The van der Waals surface area contributed by atoms with Gasteiger partial charge in [0.25, 0.3) is 0 Å². The van der Waals surface area contributed by atoms with Gasteiger partial charge in [0.15, 0.2) is 0 Å². The van der Waals surface area contributed by atoms with Crippen molar-refractivity contribution in [3.63, 3.8) is 0 Å². The lowest BCUT2D eigenvalue weighted by Gasteiger charge is -1.71. The number of nitrogens with one attached hydrogen (secondary N) is 2. The molecule has 2 N–H and O–H groups in total. The fourth-order valence-electron chi connectivity index (χ4n) is 0.0722. The van der Waals surface area contributed by atoms with Crippen molar-refractivity contribution >= 4 is 6.21 Å². The van der Waals surface area contributed by atoms with Crippen LogP contribution in [-0.4, -0.2) is 12.8 Å². The molecular weight excluding hydrogens is 64.0 g/mol. The van der Waals surface area contributed by atoms with Gasteiger partial charge in [-0.15, -0.1) is 0 Å². The lowest BCUT2D eigenvalue weighted by Crippen LogP contribution is -1.81. The normalized spacial score (nSPS) is 7.40. The molecule has 0 aliphatic heterocycles. The van der Waals surface area contributed by atoms with Crippen molar-refractivity contribution in [1.29, 1.82) is 5.41 Å². The van der Waals surface area contributed by atoms with E-state index >= 15 is 0 Å². The molecule has 1 radical (unpaired) electrons. The summed E-state index contributed by atoms with van der Waals surface area (Å²) in [6.07, 6.45) is 1.84. The lowest BCUT2D eigenvalue weighted by molar-refractivity contribution is 1.02. The second-order valence-electron chi connectivity index (χ2n) is 0.743. The predicted molar refractivity (Wildman–Crippen MR) is 21.4 cm³/mol. The number of rotatable bonds is 2. The third-order valence-corrected chi connectivity index (χ3v) is 0.289.